The Hall–Kier alpha value is -2.14. The van der Waals surface area contributed by atoms with Crippen molar-refractivity contribution in [2.75, 3.05) is 0 Å². The Kier molecular flexibility index (Phi) is 3.28. The molecular formula is C15H18N4O. The zero-order chi connectivity index (χ0) is 14.1. The lowest BCUT2D eigenvalue weighted by atomic mass is 10.2. The summed E-state index contributed by atoms with van der Waals surface area (Å²) in [6.45, 7) is 4.81. The van der Waals surface area contributed by atoms with Crippen molar-refractivity contribution >= 4 is 10.9 Å². The number of hydrogen-bond donors (Lipinski definition) is 1. The summed E-state index contributed by atoms with van der Waals surface area (Å²) in [5, 5.41) is 8.90. The fourth-order valence-corrected chi connectivity index (χ4v) is 2.19. The van der Waals surface area contributed by atoms with Crippen LogP contribution >= 0.6 is 0 Å². The van der Waals surface area contributed by atoms with E-state index in [0.717, 1.165) is 16.6 Å². The van der Waals surface area contributed by atoms with Gasteiger partial charge >= 0.3 is 0 Å². The van der Waals surface area contributed by atoms with Crippen LogP contribution in [0.2, 0.25) is 0 Å². The van der Waals surface area contributed by atoms with Gasteiger partial charge in [-0.3, -0.25) is 4.68 Å². The number of aromatic nitrogens is 3. The molecule has 0 saturated carbocycles. The summed E-state index contributed by atoms with van der Waals surface area (Å²) < 4.78 is 7.65. The van der Waals surface area contributed by atoms with Gasteiger partial charge in [0.15, 0.2) is 5.76 Å². The molecule has 0 aliphatic heterocycles. The highest BCUT2D eigenvalue weighted by Crippen LogP contribution is 2.27. The standard InChI is InChI=1S/C15H18N4O/c1-10(2)16-9-14-17-8-13(20-14)15-11-6-4-5-7-12(11)19(3)18-15/h4-8,10,16H,9H2,1-3H3. The van der Waals surface area contributed by atoms with Crippen LogP contribution in [0.4, 0.5) is 0 Å². The number of hydrogen-bond acceptors (Lipinski definition) is 4. The Labute approximate surface area is 117 Å². The molecule has 20 heavy (non-hydrogen) atoms. The summed E-state index contributed by atoms with van der Waals surface area (Å²) in [4.78, 5) is 4.30. The fourth-order valence-electron chi connectivity index (χ4n) is 2.19. The molecule has 2 heterocycles. The quantitative estimate of drug-likeness (QED) is 0.792. The maximum Gasteiger partial charge on any atom is 0.208 e. The first kappa shape index (κ1) is 12.9. The second-order valence-electron chi connectivity index (χ2n) is 5.14. The Morgan fingerprint density at radius 2 is 2.10 bits per heavy atom. The summed E-state index contributed by atoms with van der Waals surface area (Å²) >= 11 is 0. The van der Waals surface area contributed by atoms with E-state index in [0.29, 0.717) is 24.2 Å². The molecule has 0 spiro atoms. The first-order chi connectivity index (χ1) is 9.65. The minimum absolute atomic E-state index is 0.404. The SMILES string of the molecule is CC(C)NCc1ncc(-c2nn(C)c3ccccc23)o1. The highest BCUT2D eigenvalue weighted by molar-refractivity contribution is 5.91. The Morgan fingerprint density at radius 3 is 2.90 bits per heavy atom. The van der Waals surface area contributed by atoms with E-state index < -0.39 is 0 Å². The van der Waals surface area contributed by atoms with Crippen LogP contribution in [-0.4, -0.2) is 20.8 Å². The second kappa shape index (κ2) is 5.09. The van der Waals surface area contributed by atoms with Crippen molar-refractivity contribution in [2.24, 2.45) is 7.05 Å². The molecule has 0 amide bonds. The van der Waals surface area contributed by atoms with Gasteiger partial charge in [-0.1, -0.05) is 32.0 Å². The molecule has 3 aromatic rings. The van der Waals surface area contributed by atoms with Crippen molar-refractivity contribution < 1.29 is 4.42 Å². The van der Waals surface area contributed by atoms with Crippen LogP contribution in [0, 0.1) is 0 Å². The predicted octanol–water partition coefficient (Wildman–Crippen LogP) is 2.73. The zero-order valence-electron chi connectivity index (χ0n) is 11.9. The van der Waals surface area contributed by atoms with Crippen LogP contribution in [0.3, 0.4) is 0 Å². The molecule has 0 aliphatic rings. The van der Waals surface area contributed by atoms with Crippen molar-refractivity contribution in [1.29, 1.82) is 0 Å². The molecule has 5 heteroatoms. The van der Waals surface area contributed by atoms with E-state index in [1.54, 1.807) is 6.20 Å². The molecule has 0 aliphatic carbocycles. The third kappa shape index (κ3) is 2.32. The monoisotopic (exact) mass is 270 g/mol. The lowest BCUT2D eigenvalue weighted by Crippen LogP contribution is -2.21. The molecule has 2 aromatic heterocycles. The third-order valence-electron chi connectivity index (χ3n) is 3.21. The van der Waals surface area contributed by atoms with E-state index in [4.69, 9.17) is 4.42 Å². The van der Waals surface area contributed by atoms with Crippen LogP contribution in [0.1, 0.15) is 19.7 Å². The lowest BCUT2D eigenvalue weighted by molar-refractivity contribution is 0.458. The minimum Gasteiger partial charge on any atom is -0.438 e. The van der Waals surface area contributed by atoms with Gasteiger partial charge in [0.2, 0.25) is 5.89 Å². The topological polar surface area (TPSA) is 55.9 Å². The van der Waals surface area contributed by atoms with Crippen LogP contribution < -0.4 is 5.32 Å². The van der Waals surface area contributed by atoms with Gasteiger partial charge < -0.3 is 9.73 Å². The smallest absolute Gasteiger partial charge is 0.208 e. The number of aryl methyl sites for hydroxylation is 1. The molecule has 0 atom stereocenters. The van der Waals surface area contributed by atoms with Crippen molar-refractivity contribution in [3.8, 4) is 11.5 Å². The number of rotatable bonds is 4. The highest BCUT2D eigenvalue weighted by Gasteiger charge is 2.14. The molecule has 0 unspecified atom stereocenters. The minimum atomic E-state index is 0.404. The van der Waals surface area contributed by atoms with Crippen molar-refractivity contribution in [2.45, 2.75) is 26.4 Å². The van der Waals surface area contributed by atoms with Crippen molar-refractivity contribution in [1.82, 2.24) is 20.1 Å². The number of oxazole rings is 1. The van der Waals surface area contributed by atoms with E-state index in [1.165, 1.54) is 0 Å². The van der Waals surface area contributed by atoms with Gasteiger partial charge in [0.1, 0.15) is 5.69 Å². The Balaban J connectivity index is 1.95. The van der Waals surface area contributed by atoms with Crippen molar-refractivity contribution in [3.05, 3.63) is 36.4 Å². The van der Waals surface area contributed by atoms with Gasteiger partial charge in [-0.25, -0.2) is 4.98 Å². The summed E-state index contributed by atoms with van der Waals surface area (Å²) in [7, 11) is 1.93. The molecule has 104 valence electrons. The number of nitrogens with zero attached hydrogens (tertiary/aromatic N) is 3. The first-order valence-electron chi connectivity index (χ1n) is 6.75. The molecule has 5 nitrogen and oxygen atoms in total. The molecule has 3 rings (SSSR count). The van der Waals surface area contributed by atoms with E-state index in [1.807, 2.05) is 36.0 Å². The van der Waals surface area contributed by atoms with E-state index >= 15 is 0 Å². The summed E-state index contributed by atoms with van der Waals surface area (Å²) in [5.41, 5.74) is 1.92. The molecule has 0 saturated heterocycles. The molecular weight excluding hydrogens is 252 g/mol. The van der Waals surface area contributed by atoms with E-state index in [2.05, 4.69) is 29.2 Å². The van der Waals surface area contributed by atoms with Gasteiger partial charge in [0, 0.05) is 18.5 Å². The summed E-state index contributed by atoms with van der Waals surface area (Å²) in [6.07, 6.45) is 1.74. The normalized spacial score (nSPS) is 11.6. The number of para-hydroxylation sites is 1. The second-order valence-corrected chi connectivity index (χ2v) is 5.14. The average Bonchev–Trinajstić information content (AvgIpc) is 3.02. The molecule has 0 fully saturated rings. The van der Waals surface area contributed by atoms with E-state index in [-0.39, 0.29) is 0 Å². The maximum absolute atomic E-state index is 5.79. The van der Waals surface area contributed by atoms with Crippen molar-refractivity contribution in [3.63, 3.8) is 0 Å². The largest absolute Gasteiger partial charge is 0.438 e. The van der Waals surface area contributed by atoms with Gasteiger partial charge in [0.25, 0.3) is 0 Å². The Morgan fingerprint density at radius 1 is 1.30 bits per heavy atom. The van der Waals surface area contributed by atoms with Crippen LogP contribution in [0.15, 0.2) is 34.9 Å². The number of fused-ring (bicyclic) bond motifs is 1. The molecule has 0 bridgehead atoms. The highest BCUT2D eigenvalue weighted by atomic mass is 16.4. The van der Waals surface area contributed by atoms with Gasteiger partial charge in [-0.15, -0.1) is 0 Å². The lowest BCUT2D eigenvalue weighted by Gasteiger charge is -2.03. The molecule has 1 N–H and O–H groups in total. The van der Waals surface area contributed by atoms with Crippen LogP contribution in [-0.2, 0) is 13.6 Å². The zero-order valence-corrected chi connectivity index (χ0v) is 11.9. The Bertz CT molecular complexity index is 726. The van der Waals surface area contributed by atoms with Gasteiger partial charge in [-0.05, 0) is 6.07 Å². The molecule has 0 radical (unpaired) electrons. The van der Waals surface area contributed by atoms with E-state index in [9.17, 15) is 0 Å². The summed E-state index contributed by atoms with van der Waals surface area (Å²) in [6, 6.07) is 8.51. The summed E-state index contributed by atoms with van der Waals surface area (Å²) in [5.74, 6) is 1.39. The van der Waals surface area contributed by atoms with Gasteiger partial charge in [-0.2, -0.15) is 5.10 Å². The van der Waals surface area contributed by atoms with Gasteiger partial charge in [0.05, 0.1) is 18.3 Å². The fraction of sp³-hybridized carbons (Fsp3) is 0.333. The first-order valence-corrected chi connectivity index (χ1v) is 6.75. The maximum atomic E-state index is 5.79. The van der Waals surface area contributed by atoms with Crippen LogP contribution in [0.25, 0.3) is 22.4 Å². The predicted molar refractivity (Wildman–Crippen MR) is 78.2 cm³/mol. The van der Waals surface area contributed by atoms with Crippen LogP contribution in [0.5, 0.6) is 0 Å². The number of nitrogens with one attached hydrogen (secondary N) is 1. The molecule has 1 aromatic carbocycles. The third-order valence-corrected chi connectivity index (χ3v) is 3.21. The average molecular weight is 270 g/mol. The number of benzene rings is 1.